The number of hydrogen-bond acceptors (Lipinski definition) is 4. The van der Waals surface area contributed by atoms with E-state index in [0.29, 0.717) is 5.02 Å². The maximum absolute atomic E-state index is 12.9. The van der Waals surface area contributed by atoms with E-state index in [-0.39, 0.29) is 4.90 Å². The lowest BCUT2D eigenvalue weighted by molar-refractivity contribution is 0.253. The number of sulfone groups is 1. The molecule has 6 heteroatoms. The Morgan fingerprint density at radius 1 is 1.13 bits per heavy atom. The Morgan fingerprint density at radius 3 is 2.22 bits per heavy atom. The molecule has 0 aliphatic heterocycles. The molecule has 3 rings (SSSR count). The van der Waals surface area contributed by atoms with E-state index in [1.165, 1.54) is 0 Å². The Labute approximate surface area is 140 Å². The van der Waals surface area contributed by atoms with Gasteiger partial charge in [0.05, 0.1) is 22.3 Å². The molecule has 0 spiro atoms. The minimum absolute atomic E-state index is 0.229. The van der Waals surface area contributed by atoms with Gasteiger partial charge >= 0.3 is 0 Å². The number of halogens is 1. The van der Waals surface area contributed by atoms with Crippen LogP contribution in [-0.4, -0.2) is 30.9 Å². The largest absolute Gasteiger partial charge is 0.394 e. The van der Waals surface area contributed by atoms with Crippen molar-refractivity contribution in [3.8, 4) is 0 Å². The van der Waals surface area contributed by atoms with Crippen LogP contribution in [0.1, 0.15) is 17.0 Å². The summed E-state index contributed by atoms with van der Waals surface area (Å²) in [7, 11) is -3.63. The van der Waals surface area contributed by atoms with Crippen LogP contribution in [0.4, 0.5) is 0 Å². The monoisotopic (exact) mass is 351 g/mol. The summed E-state index contributed by atoms with van der Waals surface area (Å²) in [4.78, 5) is 0.229. The van der Waals surface area contributed by atoms with Crippen molar-refractivity contribution >= 4 is 21.4 Å². The number of aliphatic hydroxyl groups excluding tert-OH is 1. The van der Waals surface area contributed by atoms with Crippen LogP contribution < -0.4 is 5.73 Å². The predicted octanol–water partition coefficient (Wildman–Crippen LogP) is 2.28. The van der Waals surface area contributed by atoms with Gasteiger partial charge in [-0.3, -0.25) is 0 Å². The third-order valence-electron chi connectivity index (χ3n) is 4.49. The molecule has 0 unspecified atom stereocenters. The molecule has 0 aromatic heterocycles. The van der Waals surface area contributed by atoms with E-state index in [9.17, 15) is 13.5 Å². The van der Waals surface area contributed by atoms with Gasteiger partial charge in [0.25, 0.3) is 0 Å². The highest BCUT2D eigenvalue weighted by Crippen LogP contribution is 2.55. The van der Waals surface area contributed by atoms with E-state index >= 15 is 0 Å². The summed E-state index contributed by atoms with van der Waals surface area (Å²) in [5.74, 6) is -0.448. The van der Waals surface area contributed by atoms with Gasteiger partial charge in [0.1, 0.15) is 0 Å². The highest BCUT2D eigenvalue weighted by atomic mass is 35.5. The van der Waals surface area contributed by atoms with Gasteiger partial charge in [0.2, 0.25) is 0 Å². The molecule has 0 amide bonds. The number of rotatable bonds is 4. The molecule has 2 aromatic rings. The lowest BCUT2D eigenvalue weighted by Gasteiger charge is -2.08. The molecule has 1 aliphatic rings. The minimum Gasteiger partial charge on any atom is -0.394 e. The maximum Gasteiger partial charge on any atom is 0.183 e. The molecule has 3 N–H and O–H groups in total. The van der Waals surface area contributed by atoms with Gasteiger partial charge in [-0.2, -0.15) is 0 Å². The minimum atomic E-state index is -3.63. The maximum atomic E-state index is 12.9. The molecule has 0 bridgehead atoms. The van der Waals surface area contributed by atoms with Crippen molar-refractivity contribution in [2.24, 2.45) is 5.73 Å². The Hall–Kier alpha value is -1.40. The Morgan fingerprint density at radius 2 is 1.70 bits per heavy atom. The molecule has 0 saturated heterocycles. The van der Waals surface area contributed by atoms with E-state index in [2.05, 4.69) is 0 Å². The van der Waals surface area contributed by atoms with Gasteiger partial charge in [-0.15, -0.1) is 0 Å². The fourth-order valence-corrected chi connectivity index (χ4v) is 5.53. The van der Waals surface area contributed by atoms with Crippen LogP contribution in [0, 0.1) is 6.92 Å². The van der Waals surface area contributed by atoms with Crippen LogP contribution in [0.15, 0.2) is 53.4 Å². The van der Waals surface area contributed by atoms with Crippen LogP contribution in [0.5, 0.6) is 0 Å². The van der Waals surface area contributed by atoms with Gasteiger partial charge in [-0.25, -0.2) is 8.42 Å². The van der Waals surface area contributed by atoms with E-state index in [1.807, 2.05) is 6.92 Å². The van der Waals surface area contributed by atoms with Crippen LogP contribution in [0.3, 0.4) is 0 Å². The number of aliphatic hydroxyl groups is 1. The fraction of sp³-hybridized carbons (Fsp3) is 0.294. The first kappa shape index (κ1) is 16.5. The van der Waals surface area contributed by atoms with Gasteiger partial charge < -0.3 is 10.8 Å². The summed E-state index contributed by atoms with van der Waals surface area (Å²) in [6.45, 7) is 1.50. The predicted molar refractivity (Wildman–Crippen MR) is 90.4 cm³/mol. The Balaban J connectivity index is 2.01. The number of nitrogens with two attached hydrogens (primary N) is 1. The standard InChI is InChI=1S/C17H18ClNO3S/c1-11-2-8-14(9-3-11)23(21,22)16-15(17(16,19)10-20)12-4-6-13(18)7-5-12/h2-9,15-16,20H,10,19H2,1H3/t15-,16+,17-/m0/s1. The second-order valence-corrected chi connectivity index (χ2v) is 8.58. The lowest BCUT2D eigenvalue weighted by atomic mass is 10.1. The smallest absolute Gasteiger partial charge is 0.183 e. The molecule has 1 fully saturated rings. The number of aryl methyl sites for hydroxylation is 1. The fourth-order valence-electron chi connectivity index (χ4n) is 3.11. The van der Waals surface area contributed by atoms with Crippen molar-refractivity contribution in [2.45, 2.75) is 28.5 Å². The van der Waals surface area contributed by atoms with Crippen molar-refractivity contribution in [1.82, 2.24) is 0 Å². The highest BCUT2D eigenvalue weighted by Gasteiger charge is 2.69. The molecule has 3 atom stereocenters. The van der Waals surface area contributed by atoms with Crippen LogP contribution in [0.2, 0.25) is 5.02 Å². The van der Waals surface area contributed by atoms with E-state index in [0.717, 1.165) is 11.1 Å². The van der Waals surface area contributed by atoms with Crippen molar-refractivity contribution < 1.29 is 13.5 Å². The molecule has 0 radical (unpaired) electrons. The second kappa shape index (κ2) is 5.60. The summed E-state index contributed by atoms with van der Waals surface area (Å²) in [5, 5.41) is 9.39. The second-order valence-electron chi connectivity index (χ2n) is 6.08. The van der Waals surface area contributed by atoms with Gasteiger partial charge in [-0.05, 0) is 36.8 Å². The van der Waals surface area contributed by atoms with E-state index in [1.54, 1.807) is 48.5 Å². The molecule has 2 aromatic carbocycles. The zero-order valence-electron chi connectivity index (χ0n) is 12.6. The van der Waals surface area contributed by atoms with Crippen molar-refractivity contribution in [1.29, 1.82) is 0 Å². The Bertz CT molecular complexity index is 818. The van der Waals surface area contributed by atoms with E-state index < -0.39 is 33.2 Å². The van der Waals surface area contributed by atoms with Crippen molar-refractivity contribution in [3.05, 3.63) is 64.7 Å². The van der Waals surface area contributed by atoms with Crippen LogP contribution in [-0.2, 0) is 9.84 Å². The summed E-state index contributed by atoms with van der Waals surface area (Å²) in [6.07, 6.45) is 0. The molecule has 1 aliphatic carbocycles. The van der Waals surface area contributed by atoms with Crippen molar-refractivity contribution in [2.75, 3.05) is 6.61 Å². The number of benzene rings is 2. The van der Waals surface area contributed by atoms with Gasteiger partial charge in [-0.1, -0.05) is 41.4 Å². The molecular weight excluding hydrogens is 334 g/mol. The topological polar surface area (TPSA) is 80.4 Å². The average molecular weight is 352 g/mol. The first-order valence-electron chi connectivity index (χ1n) is 7.26. The Kier molecular flexibility index (Phi) is 4.01. The summed E-state index contributed by atoms with van der Waals surface area (Å²) in [6, 6.07) is 13.6. The zero-order chi connectivity index (χ0) is 16.8. The average Bonchev–Trinajstić information content (AvgIpc) is 3.16. The lowest BCUT2D eigenvalue weighted by Crippen LogP contribution is -2.35. The molecule has 23 heavy (non-hydrogen) atoms. The molecule has 122 valence electrons. The molecule has 4 nitrogen and oxygen atoms in total. The molecule has 1 saturated carbocycles. The third kappa shape index (κ3) is 2.68. The van der Waals surface area contributed by atoms with Crippen molar-refractivity contribution in [3.63, 3.8) is 0 Å². The summed E-state index contributed by atoms with van der Waals surface area (Å²) in [5.41, 5.74) is 6.78. The highest BCUT2D eigenvalue weighted by molar-refractivity contribution is 7.92. The van der Waals surface area contributed by atoms with Crippen LogP contribution in [0.25, 0.3) is 0 Å². The van der Waals surface area contributed by atoms with Gasteiger partial charge in [0, 0.05) is 10.9 Å². The van der Waals surface area contributed by atoms with Gasteiger partial charge in [0.15, 0.2) is 9.84 Å². The van der Waals surface area contributed by atoms with Crippen LogP contribution >= 0.6 is 11.6 Å². The quantitative estimate of drug-likeness (QED) is 0.885. The molecular formula is C17H18ClNO3S. The SMILES string of the molecule is Cc1ccc(S(=O)(=O)[C@@H]2[C@H](c3ccc(Cl)cc3)[C@@]2(N)CO)cc1. The first-order valence-corrected chi connectivity index (χ1v) is 9.19. The molecule has 0 heterocycles. The zero-order valence-corrected chi connectivity index (χ0v) is 14.2. The first-order chi connectivity index (χ1) is 10.8. The van der Waals surface area contributed by atoms with E-state index in [4.69, 9.17) is 17.3 Å². The summed E-state index contributed by atoms with van der Waals surface area (Å²) >= 11 is 5.88. The number of hydrogen-bond donors (Lipinski definition) is 2. The third-order valence-corrected chi connectivity index (χ3v) is 7.05. The summed E-state index contributed by atoms with van der Waals surface area (Å²) < 4.78 is 25.8. The normalized spacial score (nSPS) is 27.0.